The van der Waals surface area contributed by atoms with E-state index in [0.29, 0.717) is 27.7 Å². The number of carbonyl (C=O) groups excluding carboxylic acids is 1. The van der Waals surface area contributed by atoms with Crippen molar-refractivity contribution in [3.63, 3.8) is 0 Å². The zero-order valence-corrected chi connectivity index (χ0v) is 14.2. The third-order valence-corrected chi connectivity index (χ3v) is 3.65. The number of hydrogen-bond donors (Lipinski definition) is 2. The number of nitrogens with one attached hydrogen (secondary N) is 2. The van der Waals surface area contributed by atoms with Gasteiger partial charge in [-0.3, -0.25) is 4.79 Å². The van der Waals surface area contributed by atoms with Gasteiger partial charge in [0.05, 0.1) is 5.69 Å². The van der Waals surface area contributed by atoms with Gasteiger partial charge in [-0.05, 0) is 43.3 Å². The highest BCUT2D eigenvalue weighted by atomic mass is 35.5. The van der Waals surface area contributed by atoms with Gasteiger partial charge in [-0.1, -0.05) is 35.0 Å². The first-order valence-electron chi connectivity index (χ1n) is 7.64. The summed E-state index contributed by atoms with van der Waals surface area (Å²) in [6, 6.07) is 18.1. The van der Waals surface area contributed by atoms with E-state index in [0.717, 1.165) is 5.69 Å². The first-order chi connectivity index (χ1) is 12.1. The molecule has 0 fully saturated rings. The first-order valence-corrected chi connectivity index (χ1v) is 8.02. The van der Waals surface area contributed by atoms with Gasteiger partial charge in [-0.25, -0.2) is 0 Å². The molecule has 1 amide bonds. The topological polar surface area (TPSA) is 67.2 Å². The standard InChI is InChI=1S/C19H16ClN3O2/c1-13-11-18(25-23-13)17(12-21-15-9-7-14(20)8-10-15)19(24)22-16-5-3-2-4-6-16/h2-12,21H,1H3,(H,22,24). The summed E-state index contributed by atoms with van der Waals surface area (Å²) in [4.78, 5) is 12.7. The molecule has 0 saturated carbocycles. The Labute approximate surface area is 150 Å². The lowest BCUT2D eigenvalue weighted by atomic mass is 10.2. The zero-order valence-electron chi connectivity index (χ0n) is 13.5. The van der Waals surface area contributed by atoms with E-state index in [1.54, 1.807) is 31.3 Å². The molecule has 0 bridgehead atoms. The molecular weight excluding hydrogens is 338 g/mol. The van der Waals surface area contributed by atoms with Gasteiger partial charge in [0, 0.05) is 28.7 Å². The van der Waals surface area contributed by atoms with Crippen molar-refractivity contribution < 1.29 is 9.32 Å². The number of para-hydroxylation sites is 1. The van der Waals surface area contributed by atoms with Crippen molar-refractivity contribution in [3.05, 3.63) is 83.3 Å². The Kier molecular flexibility index (Phi) is 5.16. The van der Waals surface area contributed by atoms with Crippen LogP contribution < -0.4 is 10.6 Å². The van der Waals surface area contributed by atoms with E-state index >= 15 is 0 Å². The molecule has 1 aromatic heterocycles. The van der Waals surface area contributed by atoms with Crippen molar-refractivity contribution in [1.82, 2.24) is 5.16 Å². The summed E-state index contributed by atoms with van der Waals surface area (Å²) in [5.41, 5.74) is 2.52. The minimum Gasteiger partial charge on any atom is -0.361 e. The summed E-state index contributed by atoms with van der Waals surface area (Å²) < 4.78 is 5.25. The molecule has 1 heterocycles. The smallest absolute Gasteiger partial charge is 0.261 e. The molecule has 0 unspecified atom stereocenters. The average molecular weight is 354 g/mol. The molecule has 25 heavy (non-hydrogen) atoms. The van der Waals surface area contributed by atoms with Gasteiger partial charge in [0.2, 0.25) is 0 Å². The fraction of sp³-hybridized carbons (Fsp3) is 0.0526. The van der Waals surface area contributed by atoms with E-state index in [9.17, 15) is 4.79 Å². The van der Waals surface area contributed by atoms with Crippen molar-refractivity contribution in [2.75, 3.05) is 10.6 Å². The highest BCUT2D eigenvalue weighted by Crippen LogP contribution is 2.20. The number of anilines is 2. The zero-order chi connectivity index (χ0) is 17.6. The molecule has 0 aliphatic heterocycles. The Morgan fingerprint density at radius 1 is 1.08 bits per heavy atom. The normalized spacial score (nSPS) is 11.2. The van der Waals surface area contributed by atoms with Crippen LogP contribution in [0.15, 0.2) is 71.4 Å². The van der Waals surface area contributed by atoms with Crippen LogP contribution in [0.4, 0.5) is 11.4 Å². The molecule has 2 N–H and O–H groups in total. The van der Waals surface area contributed by atoms with Gasteiger partial charge in [-0.15, -0.1) is 0 Å². The van der Waals surface area contributed by atoms with Crippen LogP contribution in [0.1, 0.15) is 11.5 Å². The van der Waals surface area contributed by atoms with Crippen LogP contribution in [0.5, 0.6) is 0 Å². The molecule has 5 nitrogen and oxygen atoms in total. The van der Waals surface area contributed by atoms with E-state index < -0.39 is 0 Å². The van der Waals surface area contributed by atoms with Crippen LogP contribution in [-0.2, 0) is 4.79 Å². The van der Waals surface area contributed by atoms with Crippen molar-refractivity contribution in [3.8, 4) is 0 Å². The number of halogens is 1. The number of carbonyl (C=O) groups is 1. The minimum atomic E-state index is -0.302. The van der Waals surface area contributed by atoms with Gasteiger partial charge >= 0.3 is 0 Å². The fourth-order valence-corrected chi connectivity index (χ4v) is 2.29. The van der Waals surface area contributed by atoms with Gasteiger partial charge in [0.15, 0.2) is 5.76 Å². The Morgan fingerprint density at radius 3 is 2.44 bits per heavy atom. The maximum Gasteiger partial charge on any atom is 0.261 e. The van der Waals surface area contributed by atoms with Crippen molar-refractivity contribution in [2.24, 2.45) is 0 Å². The van der Waals surface area contributed by atoms with Gasteiger partial charge in [-0.2, -0.15) is 0 Å². The second-order valence-corrected chi connectivity index (χ2v) is 5.80. The lowest BCUT2D eigenvalue weighted by molar-refractivity contribution is -0.111. The predicted octanol–water partition coefficient (Wildman–Crippen LogP) is 4.73. The summed E-state index contributed by atoms with van der Waals surface area (Å²) in [5.74, 6) is 0.0798. The summed E-state index contributed by atoms with van der Waals surface area (Å²) in [6.45, 7) is 1.80. The Hall–Kier alpha value is -3.05. The molecule has 126 valence electrons. The van der Waals surface area contributed by atoms with Crippen molar-refractivity contribution >= 4 is 34.5 Å². The summed E-state index contributed by atoms with van der Waals surface area (Å²) in [7, 11) is 0. The summed E-state index contributed by atoms with van der Waals surface area (Å²) in [6.07, 6.45) is 1.58. The SMILES string of the molecule is Cc1cc(C(=CNc2ccc(Cl)cc2)C(=O)Nc2ccccc2)on1. The highest BCUT2D eigenvalue weighted by Gasteiger charge is 2.17. The number of amides is 1. The number of aromatic nitrogens is 1. The molecule has 0 atom stereocenters. The van der Waals surface area contributed by atoms with Crippen LogP contribution >= 0.6 is 11.6 Å². The van der Waals surface area contributed by atoms with E-state index in [2.05, 4.69) is 15.8 Å². The maximum absolute atomic E-state index is 12.7. The van der Waals surface area contributed by atoms with Crippen LogP contribution in [0.3, 0.4) is 0 Å². The Morgan fingerprint density at radius 2 is 1.80 bits per heavy atom. The molecule has 0 radical (unpaired) electrons. The Bertz CT molecular complexity index is 887. The third kappa shape index (κ3) is 4.49. The van der Waals surface area contributed by atoms with Gasteiger partial charge < -0.3 is 15.2 Å². The van der Waals surface area contributed by atoms with E-state index in [1.807, 2.05) is 42.5 Å². The van der Waals surface area contributed by atoms with Crippen LogP contribution in [-0.4, -0.2) is 11.1 Å². The molecule has 3 aromatic rings. The third-order valence-electron chi connectivity index (χ3n) is 3.40. The molecule has 0 aliphatic rings. The lowest BCUT2D eigenvalue weighted by Gasteiger charge is -2.08. The van der Waals surface area contributed by atoms with E-state index in [-0.39, 0.29) is 5.91 Å². The van der Waals surface area contributed by atoms with Crippen LogP contribution in [0.2, 0.25) is 5.02 Å². The summed E-state index contributed by atoms with van der Waals surface area (Å²) in [5, 5.41) is 10.4. The van der Waals surface area contributed by atoms with Crippen molar-refractivity contribution in [1.29, 1.82) is 0 Å². The molecule has 0 saturated heterocycles. The van der Waals surface area contributed by atoms with Crippen LogP contribution in [0.25, 0.3) is 5.57 Å². The largest absolute Gasteiger partial charge is 0.361 e. The molecular formula is C19H16ClN3O2. The molecule has 2 aromatic carbocycles. The number of benzene rings is 2. The Balaban J connectivity index is 1.85. The summed E-state index contributed by atoms with van der Waals surface area (Å²) >= 11 is 5.88. The molecule has 3 rings (SSSR count). The number of aryl methyl sites for hydroxylation is 1. The molecule has 0 spiro atoms. The van der Waals surface area contributed by atoms with Gasteiger partial charge in [0.1, 0.15) is 5.57 Å². The fourth-order valence-electron chi connectivity index (χ4n) is 2.16. The lowest BCUT2D eigenvalue weighted by Crippen LogP contribution is -2.14. The first kappa shape index (κ1) is 16.8. The molecule has 6 heteroatoms. The highest BCUT2D eigenvalue weighted by molar-refractivity contribution is 6.30. The quantitative estimate of drug-likeness (QED) is 0.651. The second kappa shape index (κ2) is 7.68. The van der Waals surface area contributed by atoms with Crippen LogP contribution in [0, 0.1) is 6.92 Å². The number of nitrogens with zero attached hydrogens (tertiary/aromatic N) is 1. The number of hydrogen-bond acceptors (Lipinski definition) is 4. The van der Waals surface area contributed by atoms with E-state index in [1.165, 1.54) is 0 Å². The van der Waals surface area contributed by atoms with Crippen molar-refractivity contribution in [2.45, 2.75) is 6.92 Å². The van der Waals surface area contributed by atoms with Gasteiger partial charge in [0.25, 0.3) is 5.91 Å². The second-order valence-electron chi connectivity index (χ2n) is 5.36. The molecule has 0 aliphatic carbocycles. The number of rotatable bonds is 5. The maximum atomic E-state index is 12.7. The average Bonchev–Trinajstić information content (AvgIpc) is 3.04. The predicted molar refractivity (Wildman–Crippen MR) is 99.4 cm³/mol. The monoisotopic (exact) mass is 353 g/mol. The van der Waals surface area contributed by atoms with E-state index in [4.69, 9.17) is 16.1 Å². The minimum absolute atomic E-state index is 0.302.